The number of benzene rings is 1. The van der Waals surface area contributed by atoms with Crippen molar-refractivity contribution in [2.45, 2.75) is 50.1 Å². The summed E-state index contributed by atoms with van der Waals surface area (Å²) in [6, 6.07) is 9.65. The quantitative estimate of drug-likeness (QED) is 0.686. The van der Waals surface area contributed by atoms with Gasteiger partial charge in [-0.05, 0) is 37.8 Å². The maximum absolute atomic E-state index is 12.4. The average Bonchev–Trinajstić information content (AvgIpc) is 3.05. The summed E-state index contributed by atoms with van der Waals surface area (Å²) < 4.78 is 0. The van der Waals surface area contributed by atoms with Gasteiger partial charge in [-0.15, -0.1) is 24.8 Å². The number of piperidine rings is 1. The van der Waals surface area contributed by atoms with Crippen molar-refractivity contribution in [1.82, 2.24) is 10.2 Å². The lowest BCUT2D eigenvalue weighted by molar-refractivity contribution is -0.127. The van der Waals surface area contributed by atoms with Gasteiger partial charge in [0.2, 0.25) is 11.8 Å². The first-order valence-electron chi connectivity index (χ1n) is 9.22. The highest BCUT2D eigenvalue weighted by Gasteiger charge is 2.38. The summed E-state index contributed by atoms with van der Waals surface area (Å²) in [6.07, 6.45) is 5.38. The van der Waals surface area contributed by atoms with Crippen LogP contribution in [0.1, 0.15) is 38.5 Å². The molecule has 1 saturated heterocycles. The molecule has 3 rings (SSSR count). The summed E-state index contributed by atoms with van der Waals surface area (Å²) in [5.41, 5.74) is 6.37. The lowest BCUT2D eigenvalue weighted by Crippen LogP contribution is -2.56. The van der Waals surface area contributed by atoms with E-state index in [1.54, 1.807) is 0 Å². The molecule has 0 spiro atoms. The fourth-order valence-corrected chi connectivity index (χ4v) is 3.72. The Morgan fingerprint density at radius 2 is 1.67 bits per heavy atom. The number of amides is 2. The molecule has 27 heavy (non-hydrogen) atoms. The monoisotopic (exact) mass is 416 g/mol. The van der Waals surface area contributed by atoms with Crippen molar-refractivity contribution in [3.8, 4) is 0 Å². The van der Waals surface area contributed by atoms with Crippen molar-refractivity contribution in [3.63, 3.8) is 0 Å². The van der Waals surface area contributed by atoms with Gasteiger partial charge in [-0.25, -0.2) is 0 Å². The van der Waals surface area contributed by atoms with Crippen molar-refractivity contribution in [2.75, 3.05) is 25.0 Å². The minimum atomic E-state index is -0.660. The summed E-state index contributed by atoms with van der Waals surface area (Å²) in [5, 5.41) is 6.03. The van der Waals surface area contributed by atoms with Gasteiger partial charge < -0.3 is 16.4 Å². The third kappa shape index (κ3) is 6.64. The lowest BCUT2D eigenvalue weighted by Gasteiger charge is -2.33. The average molecular weight is 417 g/mol. The molecule has 8 heteroatoms. The molecule has 6 nitrogen and oxygen atoms in total. The Morgan fingerprint density at radius 1 is 1.07 bits per heavy atom. The van der Waals surface area contributed by atoms with Gasteiger partial charge in [-0.2, -0.15) is 0 Å². The normalized spacial score (nSPS) is 19.4. The highest BCUT2D eigenvalue weighted by Crippen LogP contribution is 2.27. The first kappa shape index (κ1) is 23.7. The van der Waals surface area contributed by atoms with E-state index in [0.29, 0.717) is 6.54 Å². The fraction of sp³-hybridized carbons (Fsp3) is 0.579. The Morgan fingerprint density at radius 3 is 2.26 bits per heavy atom. The lowest BCUT2D eigenvalue weighted by atomic mass is 9.96. The Labute approximate surface area is 173 Å². The zero-order chi connectivity index (χ0) is 17.7. The zero-order valence-corrected chi connectivity index (χ0v) is 17.1. The number of rotatable bonds is 5. The molecule has 4 N–H and O–H groups in total. The molecule has 0 unspecified atom stereocenters. The fourth-order valence-electron chi connectivity index (χ4n) is 3.72. The maximum atomic E-state index is 12.4. The number of nitrogens with zero attached hydrogens (tertiary/aromatic N) is 1. The van der Waals surface area contributed by atoms with Gasteiger partial charge in [0, 0.05) is 24.8 Å². The number of para-hydroxylation sites is 1. The SMILES string of the molecule is Cl.Cl.NC1(C(=O)NC2CCN(CC(=O)Nc3ccccc3)CC2)CCCC1. The van der Waals surface area contributed by atoms with Crippen molar-refractivity contribution in [2.24, 2.45) is 5.73 Å². The molecule has 2 aliphatic rings. The van der Waals surface area contributed by atoms with Crippen molar-refractivity contribution in [3.05, 3.63) is 30.3 Å². The maximum Gasteiger partial charge on any atom is 0.240 e. The predicted octanol–water partition coefficient (Wildman–Crippen LogP) is 2.32. The van der Waals surface area contributed by atoms with E-state index in [4.69, 9.17) is 5.73 Å². The van der Waals surface area contributed by atoms with Gasteiger partial charge in [0.1, 0.15) is 0 Å². The summed E-state index contributed by atoms with van der Waals surface area (Å²) in [6.45, 7) is 2.01. The van der Waals surface area contributed by atoms with Crippen LogP contribution in [0, 0.1) is 0 Å². The first-order valence-corrected chi connectivity index (χ1v) is 9.22. The van der Waals surface area contributed by atoms with Gasteiger partial charge in [0.05, 0.1) is 12.1 Å². The highest BCUT2D eigenvalue weighted by atomic mass is 35.5. The minimum absolute atomic E-state index is 0. The van der Waals surface area contributed by atoms with Crippen LogP contribution in [0.15, 0.2) is 30.3 Å². The number of hydrogen-bond acceptors (Lipinski definition) is 4. The van der Waals surface area contributed by atoms with E-state index in [1.807, 2.05) is 30.3 Å². The third-order valence-corrected chi connectivity index (χ3v) is 5.30. The number of likely N-dealkylation sites (tertiary alicyclic amines) is 1. The Balaban J connectivity index is 0.00000182. The van der Waals surface area contributed by atoms with Gasteiger partial charge in [-0.3, -0.25) is 14.5 Å². The second-order valence-electron chi connectivity index (χ2n) is 7.30. The van der Waals surface area contributed by atoms with Gasteiger partial charge in [0.25, 0.3) is 0 Å². The predicted molar refractivity (Wildman–Crippen MR) is 113 cm³/mol. The van der Waals surface area contributed by atoms with Crippen molar-refractivity contribution < 1.29 is 9.59 Å². The second kappa shape index (κ2) is 10.9. The molecule has 1 heterocycles. The molecule has 0 radical (unpaired) electrons. The molecule has 1 aromatic carbocycles. The summed E-state index contributed by atoms with van der Waals surface area (Å²) in [4.78, 5) is 26.6. The third-order valence-electron chi connectivity index (χ3n) is 5.30. The van der Waals surface area contributed by atoms with Crippen LogP contribution >= 0.6 is 24.8 Å². The Hall–Kier alpha value is -1.34. The van der Waals surface area contributed by atoms with E-state index < -0.39 is 5.54 Å². The van der Waals surface area contributed by atoms with Gasteiger partial charge in [0.15, 0.2) is 0 Å². The molecule has 152 valence electrons. The minimum Gasteiger partial charge on any atom is -0.352 e. The van der Waals surface area contributed by atoms with E-state index in [2.05, 4.69) is 15.5 Å². The molecule has 2 amide bonds. The number of halogens is 2. The number of nitrogens with two attached hydrogens (primary N) is 1. The number of carbonyl (C=O) groups excluding carboxylic acids is 2. The molecule has 0 atom stereocenters. The molecule has 1 saturated carbocycles. The largest absolute Gasteiger partial charge is 0.352 e. The van der Waals surface area contributed by atoms with Crippen LogP contribution in [0.3, 0.4) is 0 Å². The number of nitrogens with one attached hydrogen (secondary N) is 2. The zero-order valence-electron chi connectivity index (χ0n) is 15.5. The first-order chi connectivity index (χ1) is 12.0. The molecule has 0 aromatic heterocycles. The molecular formula is C19H30Cl2N4O2. The topological polar surface area (TPSA) is 87.5 Å². The molecule has 1 aliphatic carbocycles. The summed E-state index contributed by atoms with van der Waals surface area (Å²) in [5.74, 6) is 0.00539. The van der Waals surface area contributed by atoms with Crippen LogP contribution in [0.5, 0.6) is 0 Å². The second-order valence-corrected chi connectivity index (χ2v) is 7.30. The summed E-state index contributed by atoms with van der Waals surface area (Å²) in [7, 11) is 0. The van der Waals surface area contributed by atoms with Crippen molar-refractivity contribution in [1.29, 1.82) is 0 Å². The number of carbonyl (C=O) groups is 2. The molecule has 0 bridgehead atoms. The van der Waals surface area contributed by atoms with Crippen molar-refractivity contribution >= 4 is 42.3 Å². The van der Waals surface area contributed by atoms with Crippen LogP contribution in [-0.4, -0.2) is 47.9 Å². The van der Waals surface area contributed by atoms with Crippen LogP contribution < -0.4 is 16.4 Å². The van der Waals surface area contributed by atoms with Crippen LogP contribution in [0.25, 0.3) is 0 Å². The number of hydrogen-bond donors (Lipinski definition) is 3. The summed E-state index contributed by atoms with van der Waals surface area (Å²) >= 11 is 0. The van der Waals surface area contributed by atoms with Gasteiger partial charge in [-0.1, -0.05) is 31.0 Å². The van der Waals surface area contributed by atoms with Crippen LogP contribution in [-0.2, 0) is 9.59 Å². The van der Waals surface area contributed by atoms with E-state index in [0.717, 1.165) is 57.3 Å². The molecule has 2 fully saturated rings. The van der Waals surface area contributed by atoms with E-state index >= 15 is 0 Å². The van der Waals surface area contributed by atoms with E-state index in [-0.39, 0.29) is 42.7 Å². The molecule has 1 aromatic rings. The molecule has 1 aliphatic heterocycles. The highest BCUT2D eigenvalue weighted by molar-refractivity contribution is 5.92. The number of anilines is 1. The smallest absolute Gasteiger partial charge is 0.240 e. The molecular weight excluding hydrogens is 387 g/mol. The Bertz CT molecular complexity index is 601. The van der Waals surface area contributed by atoms with E-state index in [1.165, 1.54) is 0 Å². The Kier molecular flexibility index (Phi) is 9.53. The van der Waals surface area contributed by atoms with E-state index in [9.17, 15) is 9.59 Å². The van der Waals surface area contributed by atoms with Gasteiger partial charge >= 0.3 is 0 Å². The van der Waals surface area contributed by atoms with Crippen LogP contribution in [0.2, 0.25) is 0 Å². The standard InChI is InChI=1S/C19H28N4O2.2ClH/c20-19(10-4-5-11-19)18(25)22-16-8-12-23(13-9-16)14-17(24)21-15-6-2-1-3-7-15;;/h1-3,6-7,16H,4-5,8-14,20H2,(H,21,24)(H,22,25);2*1H. The van der Waals surface area contributed by atoms with Crippen LogP contribution in [0.4, 0.5) is 5.69 Å².